The number of hydroxylamine groups is 2. The summed E-state index contributed by atoms with van der Waals surface area (Å²) in [6.45, 7) is 0. The highest BCUT2D eigenvalue weighted by atomic mass is 35.5. The second-order valence-electron chi connectivity index (χ2n) is 4.96. The average molecular weight is 326 g/mol. The summed E-state index contributed by atoms with van der Waals surface area (Å²) in [4.78, 5) is 41.6. The molecule has 3 aliphatic heterocycles. The molecule has 2 saturated heterocycles. The molecule has 6 nitrogen and oxygen atoms in total. The van der Waals surface area contributed by atoms with Crippen LogP contribution in [0.1, 0.15) is 9.67 Å². The fourth-order valence-corrected chi connectivity index (χ4v) is 3.83. The molecule has 0 saturated carbocycles. The molecule has 4 atom stereocenters. The monoisotopic (exact) mass is 325 g/mol. The second kappa shape index (κ2) is 4.40. The third kappa shape index (κ3) is 1.78. The van der Waals surface area contributed by atoms with Gasteiger partial charge >= 0.3 is 5.97 Å². The van der Waals surface area contributed by atoms with Crippen molar-refractivity contribution in [3.05, 3.63) is 33.5 Å². The van der Waals surface area contributed by atoms with Crippen molar-refractivity contribution in [2.45, 2.75) is 12.2 Å². The molecule has 0 unspecified atom stereocenters. The smallest absolute Gasteiger partial charge is 0.365 e. The topological polar surface area (TPSA) is 72.9 Å². The number of thiophene rings is 1. The number of hydrogen-bond acceptors (Lipinski definition) is 6. The molecule has 0 N–H and O–H groups in total. The van der Waals surface area contributed by atoms with Gasteiger partial charge in [-0.15, -0.1) is 16.4 Å². The predicted octanol–water partition coefficient (Wildman–Crippen LogP) is 1.41. The summed E-state index contributed by atoms with van der Waals surface area (Å²) < 4.78 is 5.91. The number of fused-ring (bicyclic) bond motifs is 5. The first kappa shape index (κ1) is 13.0. The first-order valence-electron chi connectivity index (χ1n) is 6.25. The van der Waals surface area contributed by atoms with Crippen LogP contribution < -0.4 is 0 Å². The zero-order valence-corrected chi connectivity index (χ0v) is 12.0. The van der Waals surface area contributed by atoms with Gasteiger partial charge in [0, 0.05) is 0 Å². The maximum absolute atomic E-state index is 12.3. The molecular formula is C13H8ClNO5S. The van der Waals surface area contributed by atoms with Crippen LogP contribution in [-0.2, 0) is 19.2 Å². The lowest BCUT2D eigenvalue weighted by molar-refractivity contribution is -0.177. The summed E-state index contributed by atoms with van der Waals surface area (Å²) in [5, 5.41) is 0.570. The van der Waals surface area contributed by atoms with Crippen molar-refractivity contribution in [2.75, 3.05) is 0 Å². The van der Waals surface area contributed by atoms with Gasteiger partial charge in [-0.05, 0) is 12.1 Å². The van der Waals surface area contributed by atoms with Gasteiger partial charge in [-0.3, -0.25) is 9.59 Å². The Morgan fingerprint density at radius 1 is 1.19 bits per heavy atom. The van der Waals surface area contributed by atoms with E-state index in [4.69, 9.17) is 21.2 Å². The summed E-state index contributed by atoms with van der Waals surface area (Å²) >= 11 is 6.76. The Kier molecular flexibility index (Phi) is 2.72. The highest BCUT2D eigenvalue weighted by Crippen LogP contribution is 2.45. The van der Waals surface area contributed by atoms with Gasteiger partial charge in [-0.25, -0.2) is 4.79 Å². The third-order valence-corrected chi connectivity index (χ3v) is 5.03. The van der Waals surface area contributed by atoms with Gasteiger partial charge in [0.25, 0.3) is 11.8 Å². The Labute approximate surface area is 127 Å². The standard InChI is InChI=1S/C13H8ClNO5S/c14-8-4-3-7(21-8)13(18)20-15-11(16)9-5-1-2-6(19-5)10(9)12(15)17/h1-6,9-10H/t5-,6-,9-,10-/m1/s1. The summed E-state index contributed by atoms with van der Waals surface area (Å²) in [5.74, 6) is -3.01. The van der Waals surface area contributed by atoms with Crippen LogP contribution in [0.25, 0.3) is 0 Å². The van der Waals surface area contributed by atoms with Gasteiger partial charge < -0.3 is 9.57 Å². The van der Waals surface area contributed by atoms with Crippen LogP contribution in [0.4, 0.5) is 0 Å². The summed E-state index contributed by atoms with van der Waals surface area (Å²) in [7, 11) is 0. The van der Waals surface area contributed by atoms with E-state index in [1.54, 1.807) is 18.2 Å². The molecule has 4 heterocycles. The first-order chi connectivity index (χ1) is 10.1. The first-order valence-corrected chi connectivity index (χ1v) is 7.45. The molecule has 2 bridgehead atoms. The highest BCUT2D eigenvalue weighted by Gasteiger charge is 2.62. The van der Waals surface area contributed by atoms with Crippen molar-refractivity contribution in [2.24, 2.45) is 11.8 Å². The molecule has 2 amide bonds. The highest BCUT2D eigenvalue weighted by molar-refractivity contribution is 7.17. The molecule has 0 radical (unpaired) electrons. The minimum absolute atomic E-state index is 0.231. The van der Waals surface area contributed by atoms with Crippen LogP contribution in [0.15, 0.2) is 24.3 Å². The van der Waals surface area contributed by atoms with Gasteiger partial charge in [0.05, 0.1) is 28.4 Å². The molecule has 0 spiro atoms. The Balaban J connectivity index is 1.56. The van der Waals surface area contributed by atoms with Crippen molar-refractivity contribution in [3.8, 4) is 0 Å². The molecule has 0 aromatic carbocycles. The van der Waals surface area contributed by atoms with Crippen LogP contribution in [0.3, 0.4) is 0 Å². The van der Waals surface area contributed by atoms with E-state index in [9.17, 15) is 14.4 Å². The normalized spacial score (nSPS) is 32.9. The molecule has 108 valence electrons. The molecule has 2 fully saturated rings. The largest absolute Gasteiger partial charge is 0.373 e. The van der Waals surface area contributed by atoms with E-state index in [2.05, 4.69) is 0 Å². The third-order valence-electron chi connectivity index (χ3n) is 3.82. The van der Waals surface area contributed by atoms with Gasteiger partial charge in [0.15, 0.2) is 0 Å². The molecule has 1 aromatic heterocycles. The van der Waals surface area contributed by atoms with E-state index in [0.717, 1.165) is 11.3 Å². The van der Waals surface area contributed by atoms with E-state index >= 15 is 0 Å². The van der Waals surface area contributed by atoms with E-state index in [-0.39, 0.29) is 4.88 Å². The number of rotatable bonds is 2. The van der Waals surface area contributed by atoms with Gasteiger partial charge in [0.1, 0.15) is 4.88 Å². The Morgan fingerprint density at radius 3 is 2.33 bits per heavy atom. The number of amides is 2. The molecule has 3 aliphatic rings. The Morgan fingerprint density at radius 2 is 1.81 bits per heavy atom. The zero-order valence-electron chi connectivity index (χ0n) is 10.4. The fraction of sp³-hybridized carbons (Fsp3) is 0.308. The van der Waals surface area contributed by atoms with E-state index in [0.29, 0.717) is 9.40 Å². The number of carbonyl (C=O) groups excluding carboxylic acids is 3. The number of imide groups is 1. The zero-order chi connectivity index (χ0) is 14.7. The maximum atomic E-state index is 12.3. The molecule has 21 heavy (non-hydrogen) atoms. The van der Waals surface area contributed by atoms with Crippen LogP contribution in [-0.4, -0.2) is 35.1 Å². The minimum Gasteiger partial charge on any atom is -0.365 e. The average Bonchev–Trinajstić information content (AvgIpc) is 3.19. The Hall–Kier alpha value is -1.70. The lowest BCUT2D eigenvalue weighted by Gasteiger charge is -2.15. The van der Waals surface area contributed by atoms with Crippen LogP contribution in [0, 0.1) is 11.8 Å². The maximum Gasteiger partial charge on any atom is 0.373 e. The number of ether oxygens (including phenoxy) is 1. The number of carbonyl (C=O) groups is 3. The van der Waals surface area contributed by atoms with Gasteiger partial charge in [-0.2, -0.15) is 0 Å². The van der Waals surface area contributed by atoms with Crippen molar-refractivity contribution < 1.29 is 24.0 Å². The molecule has 4 rings (SSSR count). The number of nitrogens with zero attached hydrogens (tertiary/aromatic N) is 1. The van der Waals surface area contributed by atoms with Gasteiger partial charge in [-0.1, -0.05) is 23.8 Å². The quantitative estimate of drug-likeness (QED) is 0.607. The van der Waals surface area contributed by atoms with E-state index in [1.807, 2.05) is 0 Å². The van der Waals surface area contributed by atoms with E-state index in [1.165, 1.54) is 6.07 Å². The molecule has 1 aromatic rings. The number of hydrogen-bond donors (Lipinski definition) is 0. The summed E-state index contributed by atoms with van der Waals surface area (Å²) in [5.41, 5.74) is 0. The Bertz CT molecular complexity index is 668. The minimum atomic E-state index is -0.769. The predicted molar refractivity (Wildman–Crippen MR) is 71.4 cm³/mol. The second-order valence-corrected chi connectivity index (χ2v) is 6.67. The van der Waals surface area contributed by atoms with Crippen LogP contribution in [0.2, 0.25) is 4.34 Å². The van der Waals surface area contributed by atoms with Gasteiger partial charge in [0.2, 0.25) is 0 Å². The SMILES string of the molecule is O=C(ON1C(=O)[C@H]2[C@H](C1=O)[C@H]1C=C[C@H]2O1)c1ccc(Cl)s1. The lowest BCUT2D eigenvalue weighted by atomic mass is 9.85. The van der Waals surface area contributed by atoms with Crippen molar-refractivity contribution in [3.63, 3.8) is 0 Å². The lowest BCUT2D eigenvalue weighted by Crippen LogP contribution is -2.36. The summed E-state index contributed by atoms with van der Waals surface area (Å²) in [6, 6.07) is 3.03. The summed E-state index contributed by atoms with van der Waals surface area (Å²) in [6.07, 6.45) is 2.72. The molecule has 0 aliphatic carbocycles. The van der Waals surface area contributed by atoms with Crippen LogP contribution >= 0.6 is 22.9 Å². The van der Waals surface area contributed by atoms with Crippen molar-refractivity contribution in [1.29, 1.82) is 0 Å². The molecular weight excluding hydrogens is 318 g/mol. The molecule has 8 heteroatoms. The van der Waals surface area contributed by atoms with E-state index < -0.39 is 41.8 Å². The van der Waals surface area contributed by atoms with Crippen molar-refractivity contribution in [1.82, 2.24) is 5.06 Å². The van der Waals surface area contributed by atoms with Crippen molar-refractivity contribution >= 4 is 40.7 Å². The number of halogens is 1. The fourth-order valence-electron chi connectivity index (χ4n) is 2.92. The van der Waals surface area contributed by atoms with Crippen LogP contribution in [0.5, 0.6) is 0 Å².